The molecule has 2 N–H and O–H groups in total. The quantitative estimate of drug-likeness (QED) is 0.708. The molecule has 0 radical (unpaired) electrons. The van der Waals surface area contributed by atoms with Gasteiger partial charge < -0.3 is 15.5 Å². The van der Waals surface area contributed by atoms with E-state index in [1.807, 2.05) is 0 Å². The van der Waals surface area contributed by atoms with Crippen molar-refractivity contribution in [3.8, 4) is 0 Å². The van der Waals surface area contributed by atoms with Gasteiger partial charge in [0.1, 0.15) is 5.82 Å². The topological polar surface area (TPSA) is 87.2 Å². The van der Waals surface area contributed by atoms with Crippen molar-refractivity contribution < 1.29 is 9.59 Å². The first-order valence-electron chi connectivity index (χ1n) is 9.07. The minimum atomic E-state index is -0.342. The van der Waals surface area contributed by atoms with Crippen LogP contribution in [0.25, 0.3) is 0 Å². The number of nitrogens with one attached hydrogen (secondary N) is 2. The van der Waals surface area contributed by atoms with E-state index in [0.29, 0.717) is 31.9 Å². The highest BCUT2D eigenvalue weighted by Crippen LogP contribution is 2.28. The second-order valence-electron chi connectivity index (χ2n) is 7.16. The van der Waals surface area contributed by atoms with Gasteiger partial charge in [0.2, 0.25) is 17.1 Å². The number of fused-ring (bicyclic) bond motifs is 1. The molecule has 0 aromatic carbocycles. The zero-order chi connectivity index (χ0) is 19.3. The molecule has 8 heteroatoms. The molecule has 2 amide bonds. The molecule has 1 aliphatic rings. The summed E-state index contributed by atoms with van der Waals surface area (Å²) < 4.78 is 0. The van der Waals surface area contributed by atoms with Gasteiger partial charge in [-0.3, -0.25) is 9.59 Å². The first-order valence-corrected chi connectivity index (χ1v) is 9.45. The van der Waals surface area contributed by atoms with Crippen LogP contribution in [-0.4, -0.2) is 45.3 Å². The maximum atomic E-state index is 11.7. The SMILES string of the molecule is CCCC[C@](C)(CNC(C)=O)Nc1nc(Cl)nc2c1CCN(C(C)=O)C2. The van der Waals surface area contributed by atoms with Crippen LogP contribution in [-0.2, 0) is 22.6 Å². The number of halogens is 1. The van der Waals surface area contributed by atoms with Crippen LogP contribution in [0, 0.1) is 0 Å². The van der Waals surface area contributed by atoms with Crippen LogP contribution in [0.2, 0.25) is 5.28 Å². The van der Waals surface area contributed by atoms with E-state index in [1.165, 1.54) is 6.92 Å². The smallest absolute Gasteiger partial charge is 0.224 e. The van der Waals surface area contributed by atoms with Crippen LogP contribution in [0.3, 0.4) is 0 Å². The Morgan fingerprint density at radius 3 is 2.65 bits per heavy atom. The summed E-state index contributed by atoms with van der Waals surface area (Å²) in [6.07, 6.45) is 3.66. The lowest BCUT2D eigenvalue weighted by atomic mass is 9.93. The minimum Gasteiger partial charge on any atom is -0.363 e. The standard InChI is InChI=1S/C18H28ClN5O2/c1-5-6-8-18(4,11-20-12(2)25)23-16-14-7-9-24(13(3)26)10-15(14)21-17(19)22-16/h5-11H2,1-4H3,(H,20,25)(H,21,22,23)/t18-/m1/s1. The molecule has 0 saturated carbocycles. The lowest BCUT2D eigenvalue weighted by Gasteiger charge is -2.34. The lowest BCUT2D eigenvalue weighted by Crippen LogP contribution is -2.47. The molecule has 1 aliphatic heterocycles. The number of anilines is 1. The van der Waals surface area contributed by atoms with Crippen molar-refractivity contribution in [3.63, 3.8) is 0 Å². The Bertz CT molecular complexity index is 682. The summed E-state index contributed by atoms with van der Waals surface area (Å²) >= 11 is 6.13. The first-order chi connectivity index (χ1) is 12.2. The molecule has 2 rings (SSSR count). The van der Waals surface area contributed by atoms with Gasteiger partial charge in [-0.1, -0.05) is 19.8 Å². The molecule has 1 aromatic heterocycles. The average Bonchev–Trinajstić information content (AvgIpc) is 2.57. The molecule has 0 spiro atoms. The summed E-state index contributed by atoms with van der Waals surface area (Å²) in [6, 6.07) is 0. The number of nitrogens with zero attached hydrogens (tertiary/aromatic N) is 3. The molecule has 0 aliphatic carbocycles. The Hall–Kier alpha value is -1.89. The number of unbranched alkanes of at least 4 members (excludes halogenated alkanes) is 1. The van der Waals surface area contributed by atoms with Gasteiger partial charge >= 0.3 is 0 Å². The largest absolute Gasteiger partial charge is 0.363 e. The fourth-order valence-electron chi connectivity index (χ4n) is 3.14. The predicted molar refractivity (Wildman–Crippen MR) is 102 cm³/mol. The van der Waals surface area contributed by atoms with Gasteiger partial charge in [-0.15, -0.1) is 0 Å². The van der Waals surface area contributed by atoms with E-state index in [0.717, 1.165) is 30.5 Å². The highest BCUT2D eigenvalue weighted by molar-refractivity contribution is 6.28. The number of amides is 2. The van der Waals surface area contributed by atoms with Gasteiger partial charge in [0.05, 0.1) is 17.8 Å². The number of hydrogen-bond acceptors (Lipinski definition) is 5. The van der Waals surface area contributed by atoms with Crippen LogP contribution < -0.4 is 10.6 Å². The van der Waals surface area contributed by atoms with E-state index in [1.54, 1.807) is 11.8 Å². The van der Waals surface area contributed by atoms with Crippen molar-refractivity contribution in [2.45, 2.75) is 65.5 Å². The molecule has 0 bridgehead atoms. The maximum absolute atomic E-state index is 11.7. The van der Waals surface area contributed by atoms with Crippen molar-refractivity contribution in [2.24, 2.45) is 0 Å². The Labute approximate surface area is 159 Å². The lowest BCUT2D eigenvalue weighted by molar-refractivity contribution is -0.129. The molecule has 26 heavy (non-hydrogen) atoms. The fraction of sp³-hybridized carbons (Fsp3) is 0.667. The first kappa shape index (κ1) is 20.4. The van der Waals surface area contributed by atoms with Crippen LogP contribution in [0.1, 0.15) is 58.2 Å². The monoisotopic (exact) mass is 381 g/mol. The third-order valence-corrected chi connectivity index (χ3v) is 4.88. The number of carbonyl (C=O) groups excluding carboxylic acids is 2. The molecule has 1 atom stereocenters. The van der Waals surface area contributed by atoms with Crippen LogP contribution in [0.4, 0.5) is 5.82 Å². The molecule has 0 unspecified atom stereocenters. The van der Waals surface area contributed by atoms with Crippen molar-refractivity contribution >= 4 is 29.2 Å². The zero-order valence-corrected chi connectivity index (χ0v) is 16.7. The van der Waals surface area contributed by atoms with E-state index >= 15 is 0 Å². The highest BCUT2D eigenvalue weighted by Gasteiger charge is 2.29. The summed E-state index contributed by atoms with van der Waals surface area (Å²) in [6.45, 7) is 8.86. The molecule has 2 heterocycles. The molecular formula is C18H28ClN5O2. The number of aromatic nitrogens is 2. The number of hydrogen-bond donors (Lipinski definition) is 2. The summed E-state index contributed by atoms with van der Waals surface area (Å²) in [5.74, 6) is 0.667. The Morgan fingerprint density at radius 1 is 1.31 bits per heavy atom. The molecule has 7 nitrogen and oxygen atoms in total. The van der Waals surface area contributed by atoms with E-state index < -0.39 is 0 Å². The van der Waals surface area contributed by atoms with Gasteiger partial charge in [-0.05, 0) is 31.4 Å². The summed E-state index contributed by atoms with van der Waals surface area (Å²) in [4.78, 5) is 33.5. The van der Waals surface area contributed by atoms with Crippen molar-refractivity contribution in [3.05, 3.63) is 16.5 Å². The van der Waals surface area contributed by atoms with Gasteiger partial charge in [-0.2, -0.15) is 0 Å². The van der Waals surface area contributed by atoms with Gasteiger partial charge in [-0.25, -0.2) is 9.97 Å². The molecule has 0 fully saturated rings. The molecular weight excluding hydrogens is 354 g/mol. The van der Waals surface area contributed by atoms with Crippen LogP contribution in [0.5, 0.6) is 0 Å². The van der Waals surface area contributed by atoms with E-state index in [4.69, 9.17) is 11.6 Å². The minimum absolute atomic E-state index is 0.0262. The van der Waals surface area contributed by atoms with E-state index in [2.05, 4.69) is 34.4 Å². The van der Waals surface area contributed by atoms with Crippen molar-refractivity contribution in [1.29, 1.82) is 0 Å². The van der Waals surface area contributed by atoms with Crippen LogP contribution in [0.15, 0.2) is 0 Å². The van der Waals surface area contributed by atoms with Crippen molar-refractivity contribution in [2.75, 3.05) is 18.4 Å². The van der Waals surface area contributed by atoms with Gasteiger partial charge in [0, 0.05) is 32.5 Å². The summed E-state index contributed by atoms with van der Waals surface area (Å²) in [7, 11) is 0. The third kappa shape index (κ3) is 5.30. The van der Waals surface area contributed by atoms with E-state index in [9.17, 15) is 9.59 Å². The fourth-order valence-corrected chi connectivity index (χ4v) is 3.33. The number of carbonyl (C=O) groups is 2. The Kier molecular flexibility index (Phi) is 6.81. The number of rotatable bonds is 7. The summed E-state index contributed by atoms with van der Waals surface area (Å²) in [5, 5.41) is 6.57. The predicted octanol–water partition coefficient (Wildman–Crippen LogP) is 2.53. The molecule has 0 saturated heterocycles. The average molecular weight is 382 g/mol. The second-order valence-corrected chi connectivity index (χ2v) is 7.49. The normalized spacial score (nSPS) is 15.8. The van der Waals surface area contributed by atoms with E-state index in [-0.39, 0.29) is 22.6 Å². The second kappa shape index (κ2) is 8.66. The van der Waals surface area contributed by atoms with Crippen LogP contribution >= 0.6 is 11.6 Å². The highest BCUT2D eigenvalue weighted by atomic mass is 35.5. The Morgan fingerprint density at radius 2 is 2.04 bits per heavy atom. The Balaban J connectivity index is 2.28. The van der Waals surface area contributed by atoms with Crippen molar-refractivity contribution in [1.82, 2.24) is 20.2 Å². The molecule has 1 aromatic rings. The molecule has 144 valence electrons. The van der Waals surface area contributed by atoms with Gasteiger partial charge in [0.15, 0.2) is 0 Å². The summed E-state index contributed by atoms with van der Waals surface area (Å²) in [5.41, 5.74) is 1.44. The van der Waals surface area contributed by atoms with Gasteiger partial charge in [0.25, 0.3) is 0 Å². The zero-order valence-electron chi connectivity index (χ0n) is 16.0. The third-order valence-electron chi connectivity index (χ3n) is 4.71. The maximum Gasteiger partial charge on any atom is 0.224 e.